The van der Waals surface area contributed by atoms with Crippen LogP contribution in [-0.2, 0) is 0 Å². The van der Waals surface area contributed by atoms with Gasteiger partial charge in [0.1, 0.15) is 11.5 Å². The second kappa shape index (κ2) is 8.93. The first-order chi connectivity index (χ1) is 8.58. The number of rotatable bonds is 4. The molecule has 1 aromatic rings. The highest BCUT2D eigenvalue weighted by molar-refractivity contribution is 5.85. The van der Waals surface area contributed by atoms with E-state index in [1.165, 1.54) is 12.0 Å². The highest BCUT2D eigenvalue weighted by atomic mass is 35.5. The van der Waals surface area contributed by atoms with Crippen LogP contribution in [0.4, 0.5) is 0 Å². The highest BCUT2D eigenvalue weighted by Gasteiger charge is 2.25. The molecule has 1 saturated heterocycles. The Morgan fingerprint density at radius 2 is 1.80 bits per heavy atom. The predicted molar refractivity (Wildman–Crippen MR) is 89.3 cm³/mol. The monoisotopic (exact) mass is 322 g/mol. The number of nitrogens with zero attached hydrogens (tertiary/aromatic N) is 1. The second-order valence-electron chi connectivity index (χ2n) is 5.82. The molecule has 0 saturated carbocycles. The lowest BCUT2D eigenvalue weighted by Gasteiger charge is -2.34. The zero-order valence-electron chi connectivity index (χ0n) is 12.9. The third-order valence-electron chi connectivity index (χ3n) is 3.80. The summed E-state index contributed by atoms with van der Waals surface area (Å²) in [7, 11) is 0. The van der Waals surface area contributed by atoms with Crippen LogP contribution in [0.25, 0.3) is 0 Å². The van der Waals surface area contributed by atoms with E-state index in [4.69, 9.17) is 4.42 Å². The summed E-state index contributed by atoms with van der Waals surface area (Å²) in [6.45, 7) is 13.2. The van der Waals surface area contributed by atoms with Crippen LogP contribution in [0, 0.1) is 19.8 Å². The Morgan fingerprint density at radius 3 is 2.25 bits per heavy atom. The normalized spacial score (nSPS) is 17.4. The molecule has 3 nitrogen and oxygen atoms in total. The average molecular weight is 323 g/mol. The van der Waals surface area contributed by atoms with Gasteiger partial charge in [-0.1, -0.05) is 13.8 Å². The van der Waals surface area contributed by atoms with E-state index in [1.807, 2.05) is 0 Å². The fraction of sp³-hybridized carbons (Fsp3) is 0.733. The van der Waals surface area contributed by atoms with Gasteiger partial charge in [0, 0.05) is 26.2 Å². The van der Waals surface area contributed by atoms with Gasteiger partial charge < -0.3 is 9.73 Å². The van der Waals surface area contributed by atoms with Crippen LogP contribution in [-0.4, -0.2) is 31.1 Å². The van der Waals surface area contributed by atoms with Crippen molar-refractivity contribution in [1.29, 1.82) is 0 Å². The van der Waals surface area contributed by atoms with Crippen LogP contribution in [0.15, 0.2) is 10.5 Å². The Morgan fingerprint density at radius 1 is 1.20 bits per heavy atom. The molecule has 1 aliphatic rings. The van der Waals surface area contributed by atoms with Crippen LogP contribution in [0.3, 0.4) is 0 Å². The zero-order chi connectivity index (χ0) is 13.1. The molecule has 118 valence electrons. The molecule has 5 heteroatoms. The van der Waals surface area contributed by atoms with E-state index in [1.54, 1.807) is 0 Å². The van der Waals surface area contributed by atoms with Gasteiger partial charge in [-0.2, -0.15) is 0 Å². The molecule has 2 heterocycles. The Hall–Kier alpha value is -0.220. The van der Waals surface area contributed by atoms with Crippen LogP contribution in [0.1, 0.15) is 43.4 Å². The number of piperazine rings is 1. The molecule has 0 aromatic carbocycles. The Balaban J connectivity index is 0.00000180. The highest BCUT2D eigenvalue weighted by Crippen LogP contribution is 2.30. The van der Waals surface area contributed by atoms with Crippen molar-refractivity contribution in [2.75, 3.05) is 26.2 Å². The van der Waals surface area contributed by atoms with Gasteiger partial charge in [0.05, 0.1) is 6.04 Å². The Kier molecular flexibility index (Phi) is 8.83. The number of nitrogens with one attached hydrogen (secondary N) is 1. The molecular formula is C15H28Cl2N2O. The van der Waals surface area contributed by atoms with Crippen molar-refractivity contribution in [2.45, 2.75) is 40.2 Å². The minimum atomic E-state index is 0. The standard InChI is InChI=1S/C15H26N2O.2ClH/c1-11(2)9-14(17-7-5-16-6-8-17)15-10-12(3)13(4)18-15;;/h10-11,14,16H,5-9H2,1-4H3;2*1H/t14-;;/m0../s1. The van der Waals surface area contributed by atoms with Gasteiger partial charge in [0.25, 0.3) is 0 Å². The van der Waals surface area contributed by atoms with Crippen molar-refractivity contribution in [1.82, 2.24) is 10.2 Å². The molecule has 1 aromatic heterocycles. The van der Waals surface area contributed by atoms with Gasteiger partial charge in [-0.05, 0) is 37.8 Å². The summed E-state index contributed by atoms with van der Waals surface area (Å²) in [6, 6.07) is 2.67. The maximum atomic E-state index is 5.97. The zero-order valence-corrected chi connectivity index (χ0v) is 14.6. The smallest absolute Gasteiger partial charge is 0.121 e. The minimum Gasteiger partial charge on any atom is -0.464 e. The van der Waals surface area contributed by atoms with E-state index in [0.29, 0.717) is 12.0 Å². The largest absolute Gasteiger partial charge is 0.464 e. The van der Waals surface area contributed by atoms with Crippen molar-refractivity contribution in [3.05, 3.63) is 23.2 Å². The van der Waals surface area contributed by atoms with Gasteiger partial charge in [0.15, 0.2) is 0 Å². The van der Waals surface area contributed by atoms with Crippen LogP contribution in [0.2, 0.25) is 0 Å². The lowest BCUT2D eigenvalue weighted by molar-refractivity contribution is 0.135. The first-order valence-electron chi connectivity index (χ1n) is 7.09. The summed E-state index contributed by atoms with van der Waals surface area (Å²) in [5.41, 5.74) is 1.27. The summed E-state index contributed by atoms with van der Waals surface area (Å²) in [6.07, 6.45) is 1.17. The summed E-state index contributed by atoms with van der Waals surface area (Å²) in [5.74, 6) is 2.91. The first-order valence-corrected chi connectivity index (χ1v) is 7.09. The molecule has 0 spiro atoms. The van der Waals surface area contributed by atoms with Crippen molar-refractivity contribution in [3.63, 3.8) is 0 Å². The van der Waals surface area contributed by atoms with Gasteiger partial charge in [-0.25, -0.2) is 0 Å². The molecule has 0 radical (unpaired) electrons. The van der Waals surface area contributed by atoms with E-state index in [-0.39, 0.29) is 24.8 Å². The average Bonchev–Trinajstić information content (AvgIpc) is 2.67. The fourth-order valence-electron chi connectivity index (χ4n) is 2.65. The molecule has 0 unspecified atom stereocenters. The number of hydrogen-bond donors (Lipinski definition) is 1. The molecule has 1 fully saturated rings. The number of halogens is 2. The van der Waals surface area contributed by atoms with Crippen molar-refractivity contribution >= 4 is 24.8 Å². The molecule has 1 N–H and O–H groups in total. The minimum absolute atomic E-state index is 0. The second-order valence-corrected chi connectivity index (χ2v) is 5.82. The molecule has 1 aliphatic heterocycles. The van der Waals surface area contributed by atoms with E-state index in [9.17, 15) is 0 Å². The molecule has 0 bridgehead atoms. The third-order valence-corrected chi connectivity index (χ3v) is 3.80. The van der Waals surface area contributed by atoms with Gasteiger partial charge >= 0.3 is 0 Å². The van der Waals surface area contributed by atoms with E-state index < -0.39 is 0 Å². The lowest BCUT2D eigenvalue weighted by atomic mass is 9.99. The van der Waals surface area contributed by atoms with Crippen LogP contribution in [0.5, 0.6) is 0 Å². The maximum Gasteiger partial charge on any atom is 0.121 e. The Labute approximate surface area is 135 Å². The topological polar surface area (TPSA) is 28.4 Å². The number of hydrogen-bond acceptors (Lipinski definition) is 3. The fourth-order valence-corrected chi connectivity index (χ4v) is 2.65. The van der Waals surface area contributed by atoms with Crippen molar-refractivity contribution < 1.29 is 4.42 Å². The molecule has 20 heavy (non-hydrogen) atoms. The van der Waals surface area contributed by atoms with Gasteiger partial charge in [-0.3, -0.25) is 4.90 Å². The maximum absolute atomic E-state index is 5.97. The molecular weight excluding hydrogens is 295 g/mol. The molecule has 0 amide bonds. The quantitative estimate of drug-likeness (QED) is 0.915. The summed E-state index contributed by atoms with van der Waals surface area (Å²) < 4.78 is 5.97. The number of furan rings is 1. The summed E-state index contributed by atoms with van der Waals surface area (Å²) in [4.78, 5) is 2.56. The first kappa shape index (κ1) is 19.8. The number of aryl methyl sites for hydroxylation is 2. The van der Waals surface area contributed by atoms with E-state index in [0.717, 1.165) is 37.7 Å². The molecule has 0 aliphatic carbocycles. The predicted octanol–water partition coefficient (Wildman–Crippen LogP) is 3.73. The van der Waals surface area contributed by atoms with Gasteiger partial charge in [0.2, 0.25) is 0 Å². The third kappa shape index (κ3) is 4.96. The van der Waals surface area contributed by atoms with Crippen molar-refractivity contribution in [3.8, 4) is 0 Å². The lowest BCUT2D eigenvalue weighted by Crippen LogP contribution is -2.45. The Bertz CT molecular complexity index is 368. The van der Waals surface area contributed by atoms with Crippen LogP contribution < -0.4 is 5.32 Å². The molecule has 2 rings (SSSR count). The molecule has 1 atom stereocenters. The summed E-state index contributed by atoms with van der Waals surface area (Å²) in [5, 5.41) is 3.42. The van der Waals surface area contributed by atoms with Crippen molar-refractivity contribution in [2.24, 2.45) is 5.92 Å². The van der Waals surface area contributed by atoms with E-state index in [2.05, 4.69) is 44.0 Å². The van der Waals surface area contributed by atoms with E-state index >= 15 is 0 Å². The SMILES string of the molecule is Cc1cc([C@H](CC(C)C)N2CCNCC2)oc1C.Cl.Cl. The van der Waals surface area contributed by atoms with Gasteiger partial charge in [-0.15, -0.1) is 24.8 Å². The summed E-state index contributed by atoms with van der Waals surface area (Å²) >= 11 is 0. The van der Waals surface area contributed by atoms with Crippen LogP contribution >= 0.6 is 24.8 Å².